The lowest BCUT2D eigenvalue weighted by Crippen LogP contribution is -2.43. The molecule has 0 aromatic rings. The molecule has 0 aromatic carbocycles. The third kappa shape index (κ3) is 2.72. The minimum Gasteiger partial charge on any atom is -0.0928 e. The Labute approximate surface area is 75.7 Å². The fourth-order valence-corrected chi connectivity index (χ4v) is 4.39. The smallest absolute Gasteiger partial charge is 0.0766 e. The van der Waals surface area contributed by atoms with Gasteiger partial charge in [0.15, 0.2) is 0 Å². The Balaban J connectivity index is 4.01. The van der Waals surface area contributed by atoms with Gasteiger partial charge in [0.25, 0.3) is 0 Å². The summed E-state index contributed by atoms with van der Waals surface area (Å²) in [6.45, 7) is 9.24. The molecule has 0 aliphatic carbocycles. The van der Waals surface area contributed by atoms with Crippen molar-refractivity contribution in [1.29, 1.82) is 0 Å². The quantitative estimate of drug-likeness (QED) is 0.535. The summed E-state index contributed by atoms with van der Waals surface area (Å²) in [6, 6.07) is 0. The van der Waals surface area contributed by atoms with Gasteiger partial charge in [-0.15, -0.1) is 0 Å². The fourth-order valence-electron chi connectivity index (χ4n) is 0.316. The van der Waals surface area contributed by atoms with Crippen molar-refractivity contribution in [3.8, 4) is 0 Å². The highest BCUT2D eigenvalue weighted by Gasteiger charge is 2.30. The van der Waals surface area contributed by atoms with Crippen LogP contribution in [0.5, 0.6) is 0 Å². The van der Waals surface area contributed by atoms with Crippen molar-refractivity contribution in [2.75, 3.05) is 0 Å². The van der Waals surface area contributed by atoms with E-state index in [1.54, 1.807) is 0 Å². The molecule has 2 unspecified atom stereocenters. The lowest BCUT2D eigenvalue weighted by molar-refractivity contribution is 1.21. The summed E-state index contributed by atoms with van der Waals surface area (Å²) in [5.41, 5.74) is 0. The zero-order valence-electron chi connectivity index (χ0n) is 6.41. The lowest BCUT2D eigenvalue weighted by Gasteiger charge is -2.28. The monoisotopic (exact) mass is 272 g/mol. The molecule has 0 spiro atoms. The van der Waals surface area contributed by atoms with Crippen LogP contribution in [0.2, 0.25) is 13.1 Å². The molecule has 0 aliphatic heterocycles. The van der Waals surface area contributed by atoms with Crippen LogP contribution >= 0.6 is 31.9 Å². The molecule has 0 heterocycles. The van der Waals surface area contributed by atoms with Gasteiger partial charge in [0.2, 0.25) is 0 Å². The molecule has 9 heavy (non-hydrogen) atoms. The van der Waals surface area contributed by atoms with Crippen LogP contribution in [0.4, 0.5) is 0 Å². The van der Waals surface area contributed by atoms with E-state index in [0.29, 0.717) is 8.90 Å². The maximum absolute atomic E-state index is 3.63. The Hall–Kier alpha value is 1.18. The van der Waals surface area contributed by atoms with E-state index in [4.69, 9.17) is 0 Å². The topological polar surface area (TPSA) is 0 Å². The summed E-state index contributed by atoms with van der Waals surface area (Å²) < 4.78 is 1.39. The molecule has 3 heteroatoms. The minimum atomic E-state index is -1.02. The normalized spacial score (nSPS) is 19.3. The largest absolute Gasteiger partial charge is 0.0928 e. The van der Waals surface area contributed by atoms with Gasteiger partial charge in [-0.2, -0.15) is 0 Å². The SMILES string of the molecule is CC(Br)[Si](C)(C)C(C)Br. The first-order valence-corrected chi connectivity index (χ1v) is 8.15. The number of hydrogen-bond acceptors (Lipinski definition) is 0. The van der Waals surface area contributed by atoms with E-state index in [9.17, 15) is 0 Å². The highest BCUT2D eigenvalue weighted by molar-refractivity contribution is 9.11. The Bertz CT molecular complexity index is 79.1. The van der Waals surface area contributed by atoms with Crippen LogP contribution in [0.25, 0.3) is 0 Å². The zero-order chi connectivity index (χ0) is 7.65. The van der Waals surface area contributed by atoms with E-state index in [1.807, 2.05) is 0 Å². The molecule has 0 bridgehead atoms. The summed E-state index contributed by atoms with van der Waals surface area (Å²) in [4.78, 5) is 0. The van der Waals surface area contributed by atoms with Gasteiger partial charge in [-0.05, 0) is 0 Å². The predicted molar refractivity (Wildman–Crippen MR) is 54.3 cm³/mol. The van der Waals surface area contributed by atoms with Crippen LogP contribution in [0.3, 0.4) is 0 Å². The van der Waals surface area contributed by atoms with Crippen molar-refractivity contribution < 1.29 is 0 Å². The first-order valence-electron chi connectivity index (χ1n) is 3.17. The zero-order valence-corrected chi connectivity index (χ0v) is 10.6. The summed E-state index contributed by atoms with van der Waals surface area (Å²) in [5.74, 6) is 0. The van der Waals surface area contributed by atoms with Gasteiger partial charge < -0.3 is 0 Å². The molecule has 0 nitrogen and oxygen atoms in total. The van der Waals surface area contributed by atoms with Crippen LogP contribution in [0, 0.1) is 0 Å². The van der Waals surface area contributed by atoms with Gasteiger partial charge in [0, 0.05) is 8.90 Å². The molecular formula is C6H14Br2Si. The Kier molecular flexibility index (Phi) is 4.00. The molecule has 2 atom stereocenters. The second-order valence-corrected chi connectivity index (χ2v) is 12.9. The minimum absolute atomic E-state index is 0.694. The van der Waals surface area contributed by atoms with Crippen molar-refractivity contribution in [1.82, 2.24) is 0 Å². The maximum Gasteiger partial charge on any atom is 0.0766 e. The second kappa shape index (κ2) is 3.53. The van der Waals surface area contributed by atoms with Crippen molar-refractivity contribution in [3.05, 3.63) is 0 Å². The van der Waals surface area contributed by atoms with E-state index in [-0.39, 0.29) is 0 Å². The first kappa shape index (κ1) is 10.2. The highest BCUT2D eigenvalue weighted by atomic mass is 79.9. The molecule has 0 saturated carbocycles. The van der Waals surface area contributed by atoms with Crippen molar-refractivity contribution in [2.45, 2.75) is 35.8 Å². The molecule has 0 rings (SSSR count). The third-order valence-electron chi connectivity index (χ3n) is 2.05. The van der Waals surface area contributed by atoms with Crippen molar-refractivity contribution >= 4 is 39.9 Å². The molecular weight excluding hydrogens is 260 g/mol. The number of rotatable bonds is 2. The Morgan fingerprint density at radius 1 is 1.00 bits per heavy atom. The molecule has 0 aromatic heterocycles. The van der Waals surface area contributed by atoms with Gasteiger partial charge in [-0.3, -0.25) is 0 Å². The van der Waals surface area contributed by atoms with E-state index < -0.39 is 8.07 Å². The van der Waals surface area contributed by atoms with Gasteiger partial charge in [-0.1, -0.05) is 58.8 Å². The summed E-state index contributed by atoms with van der Waals surface area (Å²) in [6.07, 6.45) is 0. The summed E-state index contributed by atoms with van der Waals surface area (Å²) in [7, 11) is -1.02. The van der Waals surface area contributed by atoms with E-state index in [2.05, 4.69) is 58.8 Å². The van der Waals surface area contributed by atoms with Gasteiger partial charge in [0.05, 0.1) is 8.07 Å². The van der Waals surface area contributed by atoms with Gasteiger partial charge >= 0.3 is 0 Å². The molecule has 0 amide bonds. The van der Waals surface area contributed by atoms with Crippen LogP contribution in [-0.2, 0) is 0 Å². The van der Waals surface area contributed by atoms with E-state index in [1.165, 1.54) is 0 Å². The van der Waals surface area contributed by atoms with Crippen molar-refractivity contribution in [2.24, 2.45) is 0 Å². The molecule has 0 radical (unpaired) electrons. The summed E-state index contributed by atoms with van der Waals surface area (Å²) in [5, 5.41) is 0. The van der Waals surface area contributed by atoms with E-state index in [0.717, 1.165) is 0 Å². The number of alkyl halides is 2. The van der Waals surface area contributed by atoms with Crippen molar-refractivity contribution in [3.63, 3.8) is 0 Å². The van der Waals surface area contributed by atoms with Crippen LogP contribution in [0.15, 0.2) is 0 Å². The average molecular weight is 274 g/mol. The number of hydrogen-bond donors (Lipinski definition) is 0. The third-order valence-corrected chi connectivity index (χ3v) is 13.2. The van der Waals surface area contributed by atoms with Crippen LogP contribution in [-0.4, -0.2) is 17.0 Å². The molecule has 56 valence electrons. The number of halogens is 2. The standard InChI is InChI=1S/C6H14Br2Si/c1-5(7)9(3,4)6(2)8/h5-6H,1-4H3. The van der Waals surface area contributed by atoms with Gasteiger partial charge in [0.1, 0.15) is 0 Å². The Morgan fingerprint density at radius 3 is 1.22 bits per heavy atom. The molecule has 0 saturated heterocycles. The Morgan fingerprint density at radius 2 is 1.22 bits per heavy atom. The average Bonchev–Trinajstić information content (AvgIpc) is 1.65. The van der Waals surface area contributed by atoms with E-state index >= 15 is 0 Å². The molecule has 0 fully saturated rings. The second-order valence-electron chi connectivity index (χ2n) is 3.05. The maximum atomic E-state index is 3.63. The molecule has 0 N–H and O–H groups in total. The first-order chi connectivity index (χ1) is 3.89. The van der Waals surface area contributed by atoms with Crippen LogP contribution in [0.1, 0.15) is 13.8 Å². The van der Waals surface area contributed by atoms with Gasteiger partial charge in [-0.25, -0.2) is 0 Å². The van der Waals surface area contributed by atoms with Crippen LogP contribution < -0.4 is 0 Å². The highest BCUT2D eigenvalue weighted by Crippen LogP contribution is 2.24. The fraction of sp³-hybridized carbons (Fsp3) is 1.00. The predicted octanol–water partition coefficient (Wildman–Crippen LogP) is 3.34. The summed E-state index contributed by atoms with van der Waals surface area (Å²) >= 11 is 7.26. The molecule has 0 aliphatic rings. The lowest BCUT2D eigenvalue weighted by atomic mass is 10.9.